The summed E-state index contributed by atoms with van der Waals surface area (Å²) in [4.78, 5) is 102. The van der Waals surface area contributed by atoms with Crippen LogP contribution < -0.4 is 31.9 Å². The SMILES string of the molecule is CCCN(CC)C(=O)CCC(=O)c1nc(NCC)c(C(=O)NCC(=O)N(CC)CC)nc1NCC.CCNc1nc(C(=O)NCN(CC)CC)c(NCC)nc1C(=O)CCN(CC)CC. The van der Waals surface area contributed by atoms with Crippen molar-refractivity contribution in [3.63, 3.8) is 0 Å². The number of carbonyl (C=O) groups is 6. The maximum atomic E-state index is 13.0. The number of hydrogen-bond acceptors (Lipinski definition) is 16. The predicted molar refractivity (Wildman–Crippen MR) is 259 cm³/mol. The molecule has 0 aliphatic carbocycles. The van der Waals surface area contributed by atoms with E-state index in [2.05, 4.69) is 75.5 Å². The molecular weight excluding hydrogens is 833 g/mol. The normalized spacial score (nSPS) is 10.7. The molecule has 0 radical (unpaired) electrons. The Balaban J connectivity index is 0.000000658. The molecule has 6 N–H and O–H groups in total. The highest BCUT2D eigenvalue weighted by Crippen LogP contribution is 2.22. The van der Waals surface area contributed by atoms with Gasteiger partial charge in [-0.05, 0) is 81.1 Å². The Morgan fingerprint density at radius 3 is 1.22 bits per heavy atom. The molecule has 2 aromatic heterocycles. The van der Waals surface area contributed by atoms with Gasteiger partial charge in [0.05, 0.1) is 13.2 Å². The summed E-state index contributed by atoms with van der Waals surface area (Å²) in [6.45, 7) is 32.2. The maximum Gasteiger partial charge on any atom is 0.274 e. The summed E-state index contributed by atoms with van der Waals surface area (Å²) in [7, 11) is 0. The third kappa shape index (κ3) is 18.9. The van der Waals surface area contributed by atoms with Gasteiger partial charge in [0.25, 0.3) is 11.8 Å². The summed E-state index contributed by atoms with van der Waals surface area (Å²) >= 11 is 0. The molecule has 0 aliphatic rings. The molecule has 0 atom stereocenters. The molecule has 2 rings (SSSR count). The molecule has 20 nitrogen and oxygen atoms in total. The van der Waals surface area contributed by atoms with Crippen LogP contribution in [0.15, 0.2) is 0 Å². The van der Waals surface area contributed by atoms with Gasteiger partial charge in [0.2, 0.25) is 11.8 Å². The van der Waals surface area contributed by atoms with Crippen LogP contribution in [0.2, 0.25) is 0 Å². The van der Waals surface area contributed by atoms with E-state index in [1.807, 2.05) is 69.2 Å². The first-order chi connectivity index (χ1) is 31.2. The molecule has 0 fully saturated rings. The quantitative estimate of drug-likeness (QED) is 0.0453. The number of nitrogens with zero attached hydrogens (tertiary/aromatic N) is 8. The Kier molecular flexibility index (Phi) is 28.5. The van der Waals surface area contributed by atoms with Gasteiger partial charge in [-0.1, -0.05) is 34.6 Å². The maximum absolute atomic E-state index is 13.0. The van der Waals surface area contributed by atoms with E-state index >= 15 is 0 Å². The van der Waals surface area contributed by atoms with E-state index in [-0.39, 0.29) is 83.1 Å². The van der Waals surface area contributed by atoms with E-state index in [1.54, 1.807) is 9.80 Å². The van der Waals surface area contributed by atoms with Crippen molar-refractivity contribution in [2.75, 3.05) is 120 Å². The van der Waals surface area contributed by atoms with Crippen molar-refractivity contribution in [3.05, 3.63) is 22.8 Å². The van der Waals surface area contributed by atoms with Crippen molar-refractivity contribution in [1.82, 2.24) is 50.2 Å². The number of hydrogen-bond donors (Lipinski definition) is 6. The van der Waals surface area contributed by atoms with E-state index in [4.69, 9.17) is 0 Å². The highest BCUT2D eigenvalue weighted by molar-refractivity contribution is 6.04. The van der Waals surface area contributed by atoms with Gasteiger partial charge in [0, 0.05) is 78.2 Å². The molecule has 366 valence electrons. The first kappa shape index (κ1) is 57.5. The number of ketones is 2. The van der Waals surface area contributed by atoms with Crippen LogP contribution in [-0.2, 0) is 9.59 Å². The lowest BCUT2D eigenvalue weighted by atomic mass is 10.1. The topological polar surface area (TPSA) is 239 Å². The summed E-state index contributed by atoms with van der Waals surface area (Å²) in [6.07, 6.45) is 1.27. The largest absolute Gasteiger partial charge is 0.368 e. The lowest BCUT2D eigenvalue weighted by molar-refractivity contribution is -0.131. The summed E-state index contributed by atoms with van der Waals surface area (Å²) in [5.41, 5.74) is 0.535. The summed E-state index contributed by atoms with van der Waals surface area (Å²) in [5, 5.41) is 17.7. The van der Waals surface area contributed by atoms with Gasteiger partial charge in [-0.25, -0.2) is 19.9 Å². The van der Waals surface area contributed by atoms with Crippen LogP contribution in [0.1, 0.15) is 151 Å². The molecule has 0 spiro atoms. The summed E-state index contributed by atoms with van der Waals surface area (Å²) in [5.74, 6) is -0.566. The highest BCUT2D eigenvalue weighted by atomic mass is 16.2. The zero-order valence-electron chi connectivity index (χ0n) is 41.5. The molecule has 2 aromatic rings. The Morgan fingerprint density at radius 1 is 0.415 bits per heavy atom. The number of amides is 4. The van der Waals surface area contributed by atoms with Gasteiger partial charge in [0.1, 0.15) is 0 Å². The second kappa shape index (κ2) is 32.2. The number of Topliss-reactive ketones (excluding diaryl/α,β-unsaturated/α-hetero) is 2. The van der Waals surface area contributed by atoms with Crippen molar-refractivity contribution in [3.8, 4) is 0 Å². The average Bonchev–Trinajstić information content (AvgIpc) is 3.31. The minimum absolute atomic E-state index is 0.0112. The zero-order valence-corrected chi connectivity index (χ0v) is 41.5. The Hall–Kier alpha value is -5.50. The van der Waals surface area contributed by atoms with E-state index < -0.39 is 5.91 Å². The van der Waals surface area contributed by atoms with Crippen molar-refractivity contribution in [2.45, 2.75) is 109 Å². The first-order valence-corrected chi connectivity index (χ1v) is 23.6. The van der Waals surface area contributed by atoms with Crippen LogP contribution in [0.5, 0.6) is 0 Å². The summed E-state index contributed by atoms with van der Waals surface area (Å²) in [6, 6.07) is 0. The standard InChI is InChI=1S/C24H41N7O4.C21H39N7O2/c1-7-15-31(12-6)18(33)14-13-17(32)20-22(25-8-2)29-21(23(28-20)26-9-3)24(35)27-16-19(34)30(10-4)11-5;1-7-22-19-17(16(29)13-14-27(9-3)10-4)25-20(23-8-2)18(26-19)21(30)24-15-28(11-5)12-6/h7-16H2,1-6H3,(H,25,29)(H,26,28)(H,27,35);7-15H2,1-6H3,(H,22,26)(H,23,25)(H,24,30). The highest BCUT2D eigenvalue weighted by Gasteiger charge is 2.26. The molecular formula is C45H80N14O6. The van der Waals surface area contributed by atoms with Crippen LogP contribution >= 0.6 is 0 Å². The number of anilines is 4. The predicted octanol–water partition coefficient (Wildman–Crippen LogP) is 4.44. The summed E-state index contributed by atoms with van der Waals surface area (Å²) < 4.78 is 0. The fourth-order valence-electron chi connectivity index (χ4n) is 6.53. The number of aromatic nitrogens is 4. The van der Waals surface area contributed by atoms with Gasteiger partial charge < -0.3 is 46.6 Å². The molecule has 4 amide bonds. The second-order valence-electron chi connectivity index (χ2n) is 14.7. The molecule has 65 heavy (non-hydrogen) atoms. The minimum atomic E-state index is -0.569. The molecule has 0 aromatic carbocycles. The van der Waals surface area contributed by atoms with Gasteiger partial charge in [-0.3, -0.25) is 33.7 Å². The first-order valence-electron chi connectivity index (χ1n) is 23.6. The van der Waals surface area contributed by atoms with Gasteiger partial charge >= 0.3 is 0 Å². The van der Waals surface area contributed by atoms with Gasteiger partial charge in [0.15, 0.2) is 57.6 Å². The van der Waals surface area contributed by atoms with Crippen LogP contribution in [0, 0.1) is 0 Å². The molecule has 0 saturated carbocycles. The Bertz CT molecular complexity index is 1740. The minimum Gasteiger partial charge on any atom is -0.368 e. The molecule has 0 unspecified atom stereocenters. The fraction of sp³-hybridized carbons (Fsp3) is 0.689. The van der Waals surface area contributed by atoms with Crippen LogP contribution in [-0.4, -0.2) is 173 Å². The van der Waals surface area contributed by atoms with Crippen LogP contribution in [0.4, 0.5) is 23.3 Å². The monoisotopic (exact) mass is 913 g/mol. The Labute approximate surface area is 387 Å². The average molecular weight is 913 g/mol. The third-order valence-corrected chi connectivity index (χ3v) is 10.3. The lowest BCUT2D eigenvalue weighted by Gasteiger charge is -2.20. The van der Waals surface area contributed by atoms with Crippen LogP contribution in [0.25, 0.3) is 0 Å². The number of rotatable bonds is 31. The van der Waals surface area contributed by atoms with E-state index in [1.165, 1.54) is 0 Å². The van der Waals surface area contributed by atoms with E-state index in [0.717, 1.165) is 32.6 Å². The van der Waals surface area contributed by atoms with Gasteiger partial charge in [-0.15, -0.1) is 0 Å². The molecule has 0 saturated heterocycles. The Morgan fingerprint density at radius 2 is 0.815 bits per heavy atom. The molecule has 2 heterocycles. The van der Waals surface area contributed by atoms with Crippen LogP contribution in [0.3, 0.4) is 0 Å². The second-order valence-corrected chi connectivity index (χ2v) is 14.7. The van der Waals surface area contributed by atoms with E-state index in [9.17, 15) is 28.8 Å². The molecule has 0 aliphatic heterocycles. The molecule has 20 heteroatoms. The van der Waals surface area contributed by atoms with Crippen molar-refractivity contribution in [2.24, 2.45) is 0 Å². The van der Waals surface area contributed by atoms with E-state index in [0.29, 0.717) is 83.6 Å². The van der Waals surface area contributed by atoms with Crippen molar-refractivity contribution < 1.29 is 28.8 Å². The lowest BCUT2D eigenvalue weighted by Crippen LogP contribution is -2.40. The van der Waals surface area contributed by atoms with Crippen molar-refractivity contribution in [1.29, 1.82) is 0 Å². The van der Waals surface area contributed by atoms with Crippen molar-refractivity contribution >= 4 is 58.5 Å². The number of likely N-dealkylation sites (N-methyl/N-ethyl adjacent to an activating group) is 1. The smallest absolute Gasteiger partial charge is 0.274 e. The van der Waals surface area contributed by atoms with Gasteiger partial charge in [-0.2, -0.15) is 0 Å². The number of nitrogens with one attached hydrogen (secondary N) is 6. The fourth-order valence-corrected chi connectivity index (χ4v) is 6.53. The molecule has 0 bridgehead atoms. The third-order valence-electron chi connectivity index (χ3n) is 10.3. The zero-order chi connectivity index (χ0) is 48.9. The number of carbonyl (C=O) groups excluding carboxylic acids is 6.